The molecule has 0 aromatic rings. The first-order valence-electron chi connectivity index (χ1n) is 53.3. The SMILES string of the molecule is CC(C)(C)CC#CC#CCOCC(=O)C(C)(C)C.CC(C)(C)CC#CC#CCOCCCC(=O)C(C)(C)C.CC(C)(C)CCCCCOCC(=O)C(C)(C)C.CC(C)(C)CCCCCOCCC(=O)C(C)(C)C.CC(C)(C)CCOCCC(=O)C(C)(C)C.CC(C)(C)CCOCCOC(=O)C(C)(C)C.CN(CCCCCOCC(=O)C(C)(C)C)C(C)(C)C.CN(CCOCCOCC(=O)C(C)(C)C)C(C)(C)C. The van der Waals surface area contributed by atoms with Crippen LogP contribution in [0.2, 0.25) is 0 Å². The minimum absolute atomic E-state index is 0.0862. The van der Waals surface area contributed by atoms with Gasteiger partial charge in [0.15, 0.2) is 23.1 Å². The van der Waals surface area contributed by atoms with Crippen LogP contribution in [-0.2, 0) is 85.7 Å². The lowest BCUT2D eigenvalue weighted by atomic mass is 9.88. The third-order valence-corrected chi connectivity index (χ3v) is 21.5. The summed E-state index contributed by atoms with van der Waals surface area (Å²) in [6.45, 7) is 110. The maximum Gasteiger partial charge on any atom is 0.311 e. The van der Waals surface area contributed by atoms with E-state index in [1.165, 1.54) is 44.9 Å². The Labute approximate surface area is 878 Å². The predicted octanol–water partition coefficient (Wildman–Crippen LogP) is 28.1. The van der Waals surface area contributed by atoms with Gasteiger partial charge in [0.2, 0.25) is 0 Å². The highest BCUT2D eigenvalue weighted by Crippen LogP contribution is 2.28. The van der Waals surface area contributed by atoms with Crippen molar-refractivity contribution >= 4 is 46.5 Å². The summed E-state index contributed by atoms with van der Waals surface area (Å²) < 4.78 is 53.6. The van der Waals surface area contributed by atoms with E-state index in [0.717, 1.165) is 90.7 Å². The van der Waals surface area contributed by atoms with Crippen LogP contribution in [0.25, 0.3) is 0 Å². The van der Waals surface area contributed by atoms with E-state index in [4.69, 9.17) is 47.4 Å². The van der Waals surface area contributed by atoms with Crippen molar-refractivity contribution in [3.05, 3.63) is 0 Å². The largest absolute Gasteiger partial charge is 0.463 e. The average Bonchev–Trinajstić information content (AvgIpc) is 0.937. The van der Waals surface area contributed by atoms with Crippen LogP contribution in [0.3, 0.4) is 0 Å². The lowest BCUT2D eigenvalue weighted by Crippen LogP contribution is -2.40. The molecule has 0 aliphatic heterocycles. The van der Waals surface area contributed by atoms with Gasteiger partial charge >= 0.3 is 5.97 Å². The summed E-state index contributed by atoms with van der Waals surface area (Å²) in [5, 5.41) is 0. The second kappa shape index (κ2) is 77.3. The third kappa shape index (κ3) is 119. The number of ketones is 7. The second-order valence-electron chi connectivity index (χ2n) is 55.1. The first-order valence-corrected chi connectivity index (χ1v) is 53.3. The molecule has 0 fully saturated rings. The van der Waals surface area contributed by atoms with Crippen molar-refractivity contribution in [1.29, 1.82) is 0 Å². The van der Waals surface area contributed by atoms with Gasteiger partial charge in [0.1, 0.15) is 63.6 Å². The molecule has 0 unspecified atom stereocenters. The van der Waals surface area contributed by atoms with Crippen molar-refractivity contribution in [2.24, 2.45) is 75.8 Å². The number of hydrogen-bond donors (Lipinski definition) is 0. The smallest absolute Gasteiger partial charge is 0.311 e. The number of esters is 1. The fraction of sp³-hybridized carbons (Fsp3) is 0.869. The molecule has 0 aliphatic rings. The summed E-state index contributed by atoms with van der Waals surface area (Å²) in [5.74, 6) is 24.0. The van der Waals surface area contributed by atoms with Crippen LogP contribution in [0.5, 0.6) is 0 Å². The Kier molecular flexibility index (Phi) is 82.9. The Balaban J connectivity index is -0.000000241. The molecule has 0 aliphatic carbocycles. The highest BCUT2D eigenvalue weighted by molar-refractivity contribution is 5.87. The molecule has 0 bridgehead atoms. The lowest BCUT2D eigenvalue weighted by Gasteiger charge is -2.31. The fourth-order valence-corrected chi connectivity index (χ4v) is 9.70. The van der Waals surface area contributed by atoms with E-state index in [1.807, 2.05) is 166 Å². The average molecular weight is 2010 g/mol. The van der Waals surface area contributed by atoms with Crippen molar-refractivity contribution in [2.45, 2.75) is 465 Å². The van der Waals surface area contributed by atoms with Crippen LogP contribution in [0.1, 0.15) is 454 Å². The first kappa shape index (κ1) is 152. The summed E-state index contributed by atoms with van der Waals surface area (Å²) >= 11 is 0. The van der Waals surface area contributed by atoms with Gasteiger partial charge in [-0.25, -0.2) is 0 Å². The molecule has 0 radical (unpaired) electrons. The summed E-state index contributed by atoms with van der Waals surface area (Å²) in [4.78, 5) is 97.1. The third-order valence-electron chi connectivity index (χ3n) is 21.5. The number of ether oxygens (including phenoxy) is 10. The van der Waals surface area contributed by atoms with Crippen molar-refractivity contribution in [3.63, 3.8) is 0 Å². The molecule has 0 aromatic heterocycles. The molecule has 0 rings (SSSR count). The standard InChI is InChI=1S/C18H28O2.C16H33NO2.C16H32O2.C16H24O2.C15H31NO3.C15H30O2.C13H26O3.C13H26O2/c1-17(2,3)13-9-7-8-10-14-20-15-11-12-16(19)18(4,5)6;1-15(2,3)14(18)13-19-12-10-8-9-11-17(7)16(4,5)6;1-15(2,3)11-8-7-9-12-18-13-10-14(17)16(4,5)6;1-15(2,3)11-9-7-8-10-12-18-13-14(17)16(4,5)6;1-14(2,3)13(17)12-19-11-10-18-9-8-16(7)15(4,5)6;1-14(2,3)10-8-7-9-11-17-12-13(16)15(4,5)6;1-12(2,3)7-8-15-9-10-16-11(14)13(4,5)6;1-12(2,3)8-10-15-9-7-11(14)13(4,5)6/h11-15H2,1-6H3;8-13H2,1-7H3;7-13H2,1-6H3;11-13H2,1-6H3;8-12H2,1-7H3;7-12H2,1-6H3;7-10H2,1-6H3;7-10H2,1-6H3. The number of nitrogens with zero attached hydrogens (tertiary/aromatic N) is 2. The van der Waals surface area contributed by atoms with Crippen LogP contribution in [0.4, 0.5) is 0 Å². The van der Waals surface area contributed by atoms with Gasteiger partial charge in [-0.3, -0.25) is 43.3 Å². The second-order valence-corrected chi connectivity index (χ2v) is 55.1. The Morgan fingerprint density at radius 3 is 0.789 bits per heavy atom. The molecule has 0 saturated heterocycles. The molecule has 0 spiro atoms. The van der Waals surface area contributed by atoms with E-state index in [9.17, 15) is 38.4 Å². The van der Waals surface area contributed by atoms with Crippen molar-refractivity contribution < 1.29 is 85.7 Å². The molecular formula is C122H230N2O18. The van der Waals surface area contributed by atoms with Gasteiger partial charge in [0.25, 0.3) is 0 Å². The molecule has 0 saturated carbocycles. The van der Waals surface area contributed by atoms with E-state index < -0.39 is 5.41 Å². The van der Waals surface area contributed by atoms with Gasteiger partial charge in [0.05, 0.1) is 45.1 Å². The molecule has 0 heterocycles. The normalized spacial score (nSPS) is 12.4. The van der Waals surface area contributed by atoms with Crippen LogP contribution >= 0.6 is 0 Å². The summed E-state index contributed by atoms with van der Waals surface area (Å²) in [5.41, 5.74) is -0.0158. The zero-order chi connectivity index (χ0) is 113. The number of Topliss-reactive ketones (excluding diaryl/α,β-unsaturated/α-hetero) is 7. The van der Waals surface area contributed by atoms with Gasteiger partial charge in [-0.2, -0.15) is 0 Å². The molecule has 0 amide bonds. The van der Waals surface area contributed by atoms with Crippen LogP contribution < -0.4 is 0 Å². The Morgan fingerprint density at radius 2 is 0.465 bits per heavy atom. The van der Waals surface area contributed by atoms with Gasteiger partial charge in [-0.05, 0) is 203 Å². The molecule has 20 nitrogen and oxygen atoms in total. The van der Waals surface area contributed by atoms with Crippen molar-refractivity contribution in [2.75, 3.05) is 153 Å². The number of rotatable bonds is 49. The van der Waals surface area contributed by atoms with E-state index in [1.54, 1.807) is 0 Å². The predicted molar refractivity (Wildman–Crippen MR) is 599 cm³/mol. The number of carbonyl (C=O) groups excluding carboxylic acids is 8. The fourth-order valence-electron chi connectivity index (χ4n) is 9.70. The van der Waals surface area contributed by atoms with E-state index in [2.05, 4.69) is 237 Å². The van der Waals surface area contributed by atoms with E-state index >= 15 is 0 Å². The zero-order valence-corrected chi connectivity index (χ0v) is 103. The molecule has 142 heavy (non-hydrogen) atoms. The number of likely N-dealkylation sites (N-methyl/N-ethyl adjacent to an activating group) is 1. The molecule has 836 valence electrons. The van der Waals surface area contributed by atoms with Crippen molar-refractivity contribution in [1.82, 2.24) is 9.80 Å². The molecular weight excluding hydrogens is 1780 g/mol. The van der Waals surface area contributed by atoms with Crippen molar-refractivity contribution in [3.8, 4) is 47.4 Å². The molecule has 0 aromatic carbocycles. The minimum Gasteiger partial charge on any atom is -0.463 e. The number of unbranched alkanes of at least 4 members (excludes halogenated alkanes) is 6. The summed E-state index contributed by atoms with van der Waals surface area (Å²) in [7, 11) is 4.25. The maximum atomic E-state index is 11.7. The minimum atomic E-state index is -0.425. The van der Waals surface area contributed by atoms with Gasteiger partial charge in [0, 0.05) is 127 Å². The lowest BCUT2D eigenvalue weighted by molar-refractivity contribution is -0.154. The quantitative estimate of drug-likeness (QED) is 0.0313. The summed E-state index contributed by atoms with van der Waals surface area (Å²) in [6, 6.07) is 0. The van der Waals surface area contributed by atoms with E-state index in [-0.39, 0.29) is 139 Å². The van der Waals surface area contributed by atoms with E-state index in [0.29, 0.717) is 114 Å². The topological polar surface area (TPSA) is 235 Å². The highest BCUT2D eigenvalue weighted by atomic mass is 16.6. The Bertz CT molecular complexity index is 3520. The van der Waals surface area contributed by atoms with Gasteiger partial charge in [-0.1, -0.05) is 319 Å². The van der Waals surface area contributed by atoms with Crippen LogP contribution in [-0.4, -0.2) is 220 Å². The number of carbonyl (C=O) groups is 8. The molecule has 0 atom stereocenters. The maximum absolute atomic E-state index is 11.7. The Hall–Kier alpha value is -5.04. The molecule has 20 heteroatoms. The first-order chi connectivity index (χ1) is 63.9. The van der Waals surface area contributed by atoms with Gasteiger partial charge < -0.3 is 52.3 Å². The zero-order valence-electron chi connectivity index (χ0n) is 103. The Morgan fingerprint density at radius 1 is 0.204 bits per heavy atom. The monoisotopic (exact) mass is 2010 g/mol. The van der Waals surface area contributed by atoms with Gasteiger partial charge in [-0.15, -0.1) is 0 Å². The number of hydrogen-bond acceptors (Lipinski definition) is 20. The summed E-state index contributed by atoms with van der Waals surface area (Å²) in [6.07, 6.45) is 19.2. The van der Waals surface area contributed by atoms with Crippen LogP contribution in [0.15, 0.2) is 0 Å². The highest BCUT2D eigenvalue weighted by Gasteiger charge is 2.29. The van der Waals surface area contributed by atoms with Crippen LogP contribution in [0, 0.1) is 123 Å². The molecule has 0 N–H and O–H groups in total.